The maximum absolute atomic E-state index is 13.3. The largest absolute Gasteiger partial charge is 0.465 e. The molecule has 1 unspecified atom stereocenters. The smallest absolute Gasteiger partial charge is 0.337 e. The van der Waals surface area contributed by atoms with Crippen LogP contribution in [0.3, 0.4) is 0 Å². The summed E-state index contributed by atoms with van der Waals surface area (Å²) in [5.74, 6) is -1.44. The van der Waals surface area contributed by atoms with Crippen LogP contribution in [-0.4, -0.2) is 42.4 Å². The number of benzene rings is 2. The second-order valence-electron chi connectivity index (χ2n) is 7.31. The van der Waals surface area contributed by atoms with Gasteiger partial charge in [0.05, 0.1) is 12.7 Å². The fourth-order valence-electron chi connectivity index (χ4n) is 3.60. The van der Waals surface area contributed by atoms with Gasteiger partial charge in [-0.25, -0.2) is 9.59 Å². The van der Waals surface area contributed by atoms with Crippen molar-refractivity contribution in [2.45, 2.75) is 31.7 Å². The molecule has 3 rings (SSSR count). The van der Waals surface area contributed by atoms with E-state index < -0.39 is 35.9 Å². The van der Waals surface area contributed by atoms with Crippen molar-refractivity contribution in [2.24, 2.45) is 0 Å². The number of ether oxygens (including phenoxy) is 1. The minimum atomic E-state index is -1.17. The highest BCUT2D eigenvalue weighted by Gasteiger charge is 2.52. The molecule has 1 aliphatic rings. The summed E-state index contributed by atoms with van der Waals surface area (Å²) in [6, 6.07) is 14.6. The Kier molecular flexibility index (Phi) is 6.69. The molecule has 1 aliphatic heterocycles. The number of urea groups is 1. The fraction of sp³-hybridized carbons (Fsp3) is 0.304. The quantitative estimate of drug-likeness (QED) is 0.502. The van der Waals surface area contributed by atoms with Gasteiger partial charge < -0.3 is 15.4 Å². The standard InChI is InChI=1S/C23H25N3O5/c1-3-4-14-23(17-8-6-5-7-9-17)21(29)26(22(30)25-23)15-19(27)24-18-12-10-16(11-13-18)20(28)31-2/h5-13H,3-4,14-15H2,1-2H3,(H,24,27)(H,25,30). The van der Waals surface area contributed by atoms with Crippen molar-refractivity contribution in [3.8, 4) is 0 Å². The Morgan fingerprint density at radius 2 is 1.74 bits per heavy atom. The van der Waals surface area contributed by atoms with Crippen LogP contribution in [0, 0.1) is 0 Å². The SMILES string of the molecule is CCCCC1(c2ccccc2)NC(=O)N(CC(=O)Nc2ccc(C(=O)OC)cc2)C1=O. The average Bonchev–Trinajstić information content (AvgIpc) is 3.03. The molecule has 31 heavy (non-hydrogen) atoms. The Bertz CT molecular complexity index is 974. The van der Waals surface area contributed by atoms with Crippen LogP contribution in [0.1, 0.15) is 42.1 Å². The summed E-state index contributed by atoms with van der Waals surface area (Å²) in [6.07, 6.45) is 2.05. The molecule has 0 aliphatic carbocycles. The molecule has 1 fully saturated rings. The molecule has 2 aromatic rings. The summed E-state index contributed by atoms with van der Waals surface area (Å²) >= 11 is 0. The molecule has 0 radical (unpaired) electrons. The third kappa shape index (κ3) is 4.58. The minimum Gasteiger partial charge on any atom is -0.465 e. The molecule has 162 valence electrons. The number of hydrogen-bond donors (Lipinski definition) is 2. The average molecular weight is 423 g/mol. The Morgan fingerprint density at radius 3 is 2.35 bits per heavy atom. The molecular formula is C23H25N3O5. The van der Waals surface area contributed by atoms with Crippen LogP contribution in [-0.2, 0) is 19.9 Å². The van der Waals surface area contributed by atoms with Crippen LogP contribution >= 0.6 is 0 Å². The fourth-order valence-corrected chi connectivity index (χ4v) is 3.60. The molecule has 0 bridgehead atoms. The summed E-state index contributed by atoms with van der Waals surface area (Å²) in [6.45, 7) is 1.60. The molecule has 4 amide bonds. The molecule has 0 saturated carbocycles. The van der Waals surface area contributed by atoms with Gasteiger partial charge >= 0.3 is 12.0 Å². The molecule has 1 saturated heterocycles. The van der Waals surface area contributed by atoms with Crippen molar-refractivity contribution < 1.29 is 23.9 Å². The van der Waals surface area contributed by atoms with E-state index in [2.05, 4.69) is 15.4 Å². The minimum absolute atomic E-state index is 0.346. The van der Waals surface area contributed by atoms with E-state index in [0.29, 0.717) is 23.2 Å². The summed E-state index contributed by atoms with van der Waals surface area (Å²) in [7, 11) is 1.28. The lowest BCUT2D eigenvalue weighted by atomic mass is 9.85. The lowest BCUT2D eigenvalue weighted by Crippen LogP contribution is -2.44. The van der Waals surface area contributed by atoms with Crippen LogP contribution < -0.4 is 10.6 Å². The van der Waals surface area contributed by atoms with Gasteiger partial charge in [0, 0.05) is 5.69 Å². The first kappa shape index (κ1) is 22.0. The Hall–Kier alpha value is -3.68. The summed E-state index contributed by atoms with van der Waals surface area (Å²) in [4.78, 5) is 50.9. The van der Waals surface area contributed by atoms with E-state index in [4.69, 9.17) is 0 Å². The lowest BCUT2D eigenvalue weighted by molar-refractivity contribution is -0.134. The van der Waals surface area contributed by atoms with Crippen LogP contribution in [0.15, 0.2) is 54.6 Å². The number of hydrogen-bond acceptors (Lipinski definition) is 5. The number of nitrogens with zero attached hydrogens (tertiary/aromatic N) is 1. The van der Waals surface area contributed by atoms with Crippen LogP contribution in [0.2, 0.25) is 0 Å². The molecule has 1 heterocycles. The maximum atomic E-state index is 13.3. The van der Waals surface area contributed by atoms with E-state index in [1.165, 1.54) is 19.2 Å². The topological polar surface area (TPSA) is 105 Å². The zero-order chi connectivity index (χ0) is 22.4. The van der Waals surface area contributed by atoms with E-state index in [0.717, 1.165) is 17.7 Å². The third-order valence-electron chi connectivity index (χ3n) is 5.24. The Morgan fingerprint density at radius 1 is 1.06 bits per heavy atom. The number of methoxy groups -OCH3 is 1. The molecular weight excluding hydrogens is 398 g/mol. The highest BCUT2D eigenvalue weighted by atomic mass is 16.5. The van der Waals surface area contributed by atoms with Gasteiger partial charge in [-0.2, -0.15) is 0 Å². The zero-order valence-corrected chi connectivity index (χ0v) is 17.5. The van der Waals surface area contributed by atoms with Crippen molar-refractivity contribution in [2.75, 3.05) is 19.0 Å². The Balaban J connectivity index is 1.74. The van der Waals surface area contributed by atoms with Crippen molar-refractivity contribution in [1.82, 2.24) is 10.2 Å². The number of carbonyl (C=O) groups is 4. The van der Waals surface area contributed by atoms with E-state index in [1.807, 2.05) is 25.1 Å². The molecule has 8 heteroatoms. The highest BCUT2D eigenvalue weighted by molar-refractivity contribution is 6.10. The van der Waals surface area contributed by atoms with Gasteiger partial charge in [0.15, 0.2) is 0 Å². The van der Waals surface area contributed by atoms with E-state index >= 15 is 0 Å². The molecule has 0 aromatic heterocycles. The van der Waals surface area contributed by atoms with Crippen LogP contribution in [0.4, 0.5) is 10.5 Å². The third-order valence-corrected chi connectivity index (χ3v) is 5.24. The van der Waals surface area contributed by atoms with E-state index in [1.54, 1.807) is 24.3 Å². The number of imide groups is 1. The summed E-state index contributed by atoms with van der Waals surface area (Å²) in [5, 5.41) is 5.46. The first-order valence-corrected chi connectivity index (χ1v) is 10.1. The number of anilines is 1. The van der Waals surface area contributed by atoms with Gasteiger partial charge in [0.1, 0.15) is 12.1 Å². The first-order valence-electron chi connectivity index (χ1n) is 10.1. The number of carbonyl (C=O) groups excluding carboxylic acids is 4. The monoisotopic (exact) mass is 423 g/mol. The van der Waals surface area contributed by atoms with Gasteiger partial charge in [-0.15, -0.1) is 0 Å². The summed E-state index contributed by atoms with van der Waals surface area (Å²) < 4.78 is 4.64. The number of unbranched alkanes of at least 4 members (excludes halogenated alkanes) is 1. The predicted octanol–water partition coefficient (Wildman–Crippen LogP) is 3.05. The molecule has 2 N–H and O–H groups in total. The summed E-state index contributed by atoms with van der Waals surface area (Å²) in [5.41, 5.74) is 0.308. The van der Waals surface area contributed by atoms with Gasteiger partial charge in [0.2, 0.25) is 5.91 Å². The zero-order valence-electron chi connectivity index (χ0n) is 17.5. The molecule has 1 atom stereocenters. The van der Waals surface area contributed by atoms with Crippen LogP contribution in [0.5, 0.6) is 0 Å². The van der Waals surface area contributed by atoms with Crippen molar-refractivity contribution in [3.05, 3.63) is 65.7 Å². The normalized spacial score (nSPS) is 17.9. The predicted molar refractivity (Wildman–Crippen MR) is 114 cm³/mol. The number of nitrogens with one attached hydrogen (secondary N) is 2. The molecule has 8 nitrogen and oxygen atoms in total. The second-order valence-corrected chi connectivity index (χ2v) is 7.31. The van der Waals surface area contributed by atoms with Gasteiger partial charge in [0.25, 0.3) is 5.91 Å². The Labute approximate surface area is 180 Å². The van der Waals surface area contributed by atoms with Gasteiger partial charge in [-0.05, 0) is 36.2 Å². The van der Waals surface area contributed by atoms with E-state index in [9.17, 15) is 19.2 Å². The van der Waals surface area contributed by atoms with Crippen LogP contribution in [0.25, 0.3) is 0 Å². The van der Waals surface area contributed by atoms with Crippen molar-refractivity contribution in [1.29, 1.82) is 0 Å². The van der Waals surface area contributed by atoms with Crippen molar-refractivity contribution in [3.63, 3.8) is 0 Å². The number of amides is 4. The number of rotatable bonds is 8. The van der Waals surface area contributed by atoms with E-state index in [-0.39, 0.29) is 0 Å². The van der Waals surface area contributed by atoms with Gasteiger partial charge in [-0.1, -0.05) is 50.1 Å². The molecule has 0 spiro atoms. The van der Waals surface area contributed by atoms with Crippen molar-refractivity contribution >= 4 is 29.5 Å². The highest BCUT2D eigenvalue weighted by Crippen LogP contribution is 2.34. The second kappa shape index (κ2) is 9.42. The number of esters is 1. The van der Waals surface area contributed by atoms with Gasteiger partial charge in [-0.3, -0.25) is 14.5 Å². The first-order chi connectivity index (χ1) is 14.9. The molecule has 2 aromatic carbocycles. The lowest BCUT2D eigenvalue weighted by Gasteiger charge is -2.27. The maximum Gasteiger partial charge on any atom is 0.337 e.